The molecule has 0 unspecified atom stereocenters. The van der Waals surface area contributed by atoms with Gasteiger partial charge in [-0.05, 0) is 44.1 Å². The maximum Gasteiger partial charge on any atom is 0.227 e. The predicted octanol–water partition coefficient (Wildman–Crippen LogP) is 3.69. The molecule has 0 radical (unpaired) electrons. The third-order valence-electron chi connectivity index (χ3n) is 5.39. The SMILES string of the molecule is [C-]#[N+]C1=C[C@]2(C)C3=CC(=O)C=C[C@]3(C)CC(O)=C2C(C)(C)C1=O. The lowest BCUT2D eigenvalue weighted by molar-refractivity contribution is -0.122. The Labute approximate surface area is 135 Å². The van der Waals surface area contributed by atoms with E-state index in [0.29, 0.717) is 12.0 Å². The molecule has 3 rings (SSSR count). The molecule has 0 amide bonds. The van der Waals surface area contributed by atoms with E-state index in [9.17, 15) is 14.7 Å². The summed E-state index contributed by atoms with van der Waals surface area (Å²) in [6.45, 7) is 14.6. The number of carbonyl (C=O) groups excluding carboxylic acids is 2. The lowest BCUT2D eigenvalue weighted by atomic mass is 9.50. The minimum absolute atomic E-state index is 0.0706. The van der Waals surface area contributed by atoms with Crippen LogP contribution >= 0.6 is 0 Å². The van der Waals surface area contributed by atoms with Crippen molar-refractivity contribution in [1.82, 2.24) is 0 Å². The van der Waals surface area contributed by atoms with Gasteiger partial charge >= 0.3 is 0 Å². The molecule has 0 saturated carbocycles. The maximum absolute atomic E-state index is 12.6. The van der Waals surface area contributed by atoms with Crippen molar-refractivity contribution in [1.29, 1.82) is 0 Å². The second-order valence-electron chi connectivity index (χ2n) is 7.51. The number of nitrogens with zero attached hydrogens (tertiary/aromatic N) is 1. The molecular weight excluding hydrogens is 290 g/mol. The molecule has 118 valence electrons. The van der Waals surface area contributed by atoms with Crippen LogP contribution in [0.3, 0.4) is 0 Å². The van der Waals surface area contributed by atoms with Gasteiger partial charge in [0.15, 0.2) is 11.6 Å². The zero-order valence-corrected chi connectivity index (χ0v) is 13.7. The zero-order chi connectivity index (χ0) is 17.2. The first kappa shape index (κ1) is 15.5. The van der Waals surface area contributed by atoms with Crippen LogP contribution in [-0.2, 0) is 9.59 Å². The highest BCUT2D eigenvalue weighted by atomic mass is 16.3. The minimum atomic E-state index is -0.972. The van der Waals surface area contributed by atoms with Gasteiger partial charge < -0.3 is 9.90 Å². The van der Waals surface area contributed by atoms with Crippen LogP contribution in [0.2, 0.25) is 0 Å². The van der Waals surface area contributed by atoms with Gasteiger partial charge in [-0.15, -0.1) is 0 Å². The second kappa shape index (κ2) is 4.32. The molecule has 0 fully saturated rings. The van der Waals surface area contributed by atoms with E-state index in [1.54, 1.807) is 26.0 Å². The number of hydrogen-bond acceptors (Lipinski definition) is 3. The Balaban J connectivity index is 2.40. The number of aliphatic hydroxyl groups is 1. The van der Waals surface area contributed by atoms with Crippen molar-refractivity contribution in [3.63, 3.8) is 0 Å². The fourth-order valence-electron chi connectivity index (χ4n) is 4.49. The van der Waals surface area contributed by atoms with Crippen molar-refractivity contribution < 1.29 is 14.7 Å². The summed E-state index contributed by atoms with van der Waals surface area (Å²) in [5.74, 6) is -0.204. The molecule has 0 heterocycles. The molecule has 0 aromatic carbocycles. The fraction of sp³-hybridized carbons (Fsp3) is 0.421. The number of hydrogen-bond donors (Lipinski definition) is 1. The number of rotatable bonds is 0. The Bertz CT molecular complexity index is 816. The highest BCUT2D eigenvalue weighted by Crippen LogP contribution is 2.62. The predicted molar refractivity (Wildman–Crippen MR) is 86.2 cm³/mol. The van der Waals surface area contributed by atoms with Crippen molar-refractivity contribution in [3.8, 4) is 0 Å². The summed E-state index contributed by atoms with van der Waals surface area (Å²) >= 11 is 0. The monoisotopic (exact) mass is 309 g/mol. The topological polar surface area (TPSA) is 58.7 Å². The van der Waals surface area contributed by atoms with E-state index in [4.69, 9.17) is 6.57 Å². The van der Waals surface area contributed by atoms with E-state index in [0.717, 1.165) is 5.57 Å². The summed E-state index contributed by atoms with van der Waals surface area (Å²) in [6, 6.07) is 0. The van der Waals surface area contributed by atoms with Gasteiger partial charge in [-0.3, -0.25) is 4.79 Å². The van der Waals surface area contributed by atoms with Gasteiger partial charge in [0.2, 0.25) is 5.70 Å². The molecular formula is C19H19NO3. The molecule has 0 aromatic rings. The number of allylic oxidation sites excluding steroid dienone is 8. The third kappa shape index (κ3) is 1.83. The van der Waals surface area contributed by atoms with Crippen molar-refractivity contribution >= 4 is 11.6 Å². The number of Topliss-reactive ketones (excluding diaryl/α,β-unsaturated/α-hetero) is 1. The van der Waals surface area contributed by atoms with E-state index in [1.165, 1.54) is 6.08 Å². The van der Waals surface area contributed by atoms with Gasteiger partial charge in [0.05, 0.1) is 12.3 Å². The molecule has 23 heavy (non-hydrogen) atoms. The summed E-state index contributed by atoms with van der Waals surface area (Å²) in [5, 5.41) is 10.7. The third-order valence-corrected chi connectivity index (χ3v) is 5.39. The summed E-state index contributed by atoms with van der Waals surface area (Å²) in [5.41, 5.74) is -0.757. The Hall–Kier alpha value is -2.41. The van der Waals surface area contributed by atoms with E-state index in [1.807, 2.05) is 19.9 Å². The summed E-state index contributed by atoms with van der Waals surface area (Å²) in [4.78, 5) is 27.9. The lowest BCUT2D eigenvalue weighted by Gasteiger charge is -2.52. The van der Waals surface area contributed by atoms with Crippen molar-refractivity contribution in [2.24, 2.45) is 16.2 Å². The van der Waals surface area contributed by atoms with Crippen LogP contribution in [0.1, 0.15) is 34.1 Å². The van der Waals surface area contributed by atoms with Gasteiger partial charge in [0.25, 0.3) is 0 Å². The zero-order valence-electron chi connectivity index (χ0n) is 13.7. The first-order valence-corrected chi connectivity index (χ1v) is 7.60. The molecule has 3 aliphatic carbocycles. The molecule has 0 aliphatic heterocycles. The molecule has 4 heteroatoms. The van der Waals surface area contributed by atoms with Crippen LogP contribution < -0.4 is 0 Å². The standard InChI is InChI=1S/C19H19NO3/c1-17(2)15-13(22)10-18(3)7-6-11(21)8-14(18)19(15,4)9-12(20-5)16(17)23/h6-9,22H,10H2,1-4H3/t18-,19-/m1/s1. The van der Waals surface area contributed by atoms with E-state index >= 15 is 0 Å². The van der Waals surface area contributed by atoms with Gasteiger partial charge in [-0.25, -0.2) is 4.85 Å². The van der Waals surface area contributed by atoms with Gasteiger partial charge in [-0.1, -0.05) is 19.1 Å². The normalized spacial score (nSPS) is 35.1. The van der Waals surface area contributed by atoms with E-state index in [-0.39, 0.29) is 23.0 Å². The first-order valence-electron chi connectivity index (χ1n) is 7.60. The van der Waals surface area contributed by atoms with Crippen LogP contribution in [0.25, 0.3) is 4.85 Å². The summed E-state index contributed by atoms with van der Waals surface area (Å²) < 4.78 is 0. The average Bonchev–Trinajstić information content (AvgIpc) is 2.44. The van der Waals surface area contributed by atoms with Crippen molar-refractivity contribution in [3.05, 3.63) is 58.3 Å². The lowest BCUT2D eigenvalue weighted by Crippen LogP contribution is -2.47. The molecule has 0 bridgehead atoms. The number of aliphatic hydroxyl groups excluding tert-OH is 1. The molecule has 1 N–H and O–H groups in total. The number of fused-ring (bicyclic) bond motifs is 3. The Morgan fingerprint density at radius 1 is 1.22 bits per heavy atom. The molecule has 0 saturated heterocycles. The van der Waals surface area contributed by atoms with Gasteiger partial charge in [0, 0.05) is 22.7 Å². The van der Waals surface area contributed by atoms with Crippen LogP contribution in [-0.4, -0.2) is 16.7 Å². The quantitative estimate of drug-likeness (QED) is 0.694. The molecule has 3 aliphatic rings. The van der Waals surface area contributed by atoms with E-state index in [2.05, 4.69) is 4.85 Å². The van der Waals surface area contributed by atoms with Crippen LogP contribution in [0.15, 0.2) is 46.9 Å². The smallest absolute Gasteiger partial charge is 0.227 e. The maximum atomic E-state index is 12.6. The van der Waals surface area contributed by atoms with E-state index < -0.39 is 16.2 Å². The highest BCUT2D eigenvalue weighted by Gasteiger charge is 2.56. The Morgan fingerprint density at radius 2 is 1.87 bits per heavy atom. The van der Waals surface area contributed by atoms with Gasteiger partial charge in [-0.2, -0.15) is 0 Å². The summed E-state index contributed by atoms with van der Waals surface area (Å²) in [7, 11) is 0. The second-order valence-corrected chi connectivity index (χ2v) is 7.51. The van der Waals surface area contributed by atoms with Crippen molar-refractivity contribution in [2.45, 2.75) is 34.1 Å². The highest BCUT2D eigenvalue weighted by molar-refractivity contribution is 6.06. The number of carbonyl (C=O) groups is 2. The molecule has 4 nitrogen and oxygen atoms in total. The molecule has 0 aromatic heterocycles. The van der Waals surface area contributed by atoms with Crippen LogP contribution in [0.5, 0.6) is 0 Å². The number of ketones is 2. The molecule has 2 atom stereocenters. The largest absolute Gasteiger partial charge is 0.512 e. The van der Waals surface area contributed by atoms with Crippen LogP contribution in [0.4, 0.5) is 0 Å². The minimum Gasteiger partial charge on any atom is -0.512 e. The van der Waals surface area contributed by atoms with Crippen molar-refractivity contribution in [2.75, 3.05) is 0 Å². The molecule has 0 spiro atoms. The summed E-state index contributed by atoms with van der Waals surface area (Å²) in [6.07, 6.45) is 6.90. The van der Waals surface area contributed by atoms with Gasteiger partial charge in [0.1, 0.15) is 0 Å². The Morgan fingerprint density at radius 3 is 2.48 bits per heavy atom. The fourth-order valence-corrected chi connectivity index (χ4v) is 4.49. The van der Waals surface area contributed by atoms with Crippen LogP contribution in [0, 0.1) is 22.8 Å². The first-order chi connectivity index (χ1) is 10.6. The average molecular weight is 309 g/mol. The Kier molecular flexibility index (Phi) is 2.91.